The largest absolute Gasteiger partial charge is 0.348 e. The van der Waals surface area contributed by atoms with Crippen LogP contribution in [0.5, 0.6) is 0 Å². The van der Waals surface area contributed by atoms with Gasteiger partial charge in [-0.25, -0.2) is 13.6 Å². The van der Waals surface area contributed by atoms with Gasteiger partial charge in [-0.2, -0.15) is 10.5 Å². The van der Waals surface area contributed by atoms with Gasteiger partial charge in [0.2, 0.25) is 5.91 Å². The van der Waals surface area contributed by atoms with Crippen molar-refractivity contribution >= 4 is 23.5 Å². The number of benzene rings is 1. The van der Waals surface area contributed by atoms with E-state index in [1.165, 1.54) is 12.1 Å². The maximum Gasteiger partial charge on any atom is 0.340 e. The molecule has 7 nitrogen and oxygen atoms in total. The van der Waals surface area contributed by atoms with Crippen LogP contribution in [0.15, 0.2) is 23.4 Å². The fourth-order valence-corrected chi connectivity index (χ4v) is 3.65. The zero-order chi connectivity index (χ0) is 19.1. The number of nitrogens with zero attached hydrogens (tertiary/aromatic N) is 2. The lowest BCUT2D eigenvalue weighted by Crippen LogP contribution is -2.77. The van der Waals surface area contributed by atoms with Crippen molar-refractivity contribution in [1.29, 1.82) is 5.53 Å². The molecule has 3 amide bonds. The van der Waals surface area contributed by atoms with E-state index in [0.717, 1.165) is 0 Å². The van der Waals surface area contributed by atoms with Gasteiger partial charge in [-0.3, -0.25) is 4.79 Å². The fourth-order valence-electron chi connectivity index (χ4n) is 3.53. The van der Waals surface area contributed by atoms with Crippen LogP contribution in [0.25, 0.3) is 0 Å². The number of hydrogen-bond acceptors (Lipinski definition) is 4. The molecule has 0 aliphatic heterocycles. The monoisotopic (exact) mass is 385 g/mol. The third-order valence-corrected chi connectivity index (χ3v) is 5.11. The van der Waals surface area contributed by atoms with Gasteiger partial charge < -0.3 is 10.6 Å². The van der Waals surface area contributed by atoms with E-state index < -0.39 is 41.5 Å². The number of halogens is 3. The molecule has 0 saturated heterocycles. The number of rotatable bonds is 6. The Kier molecular flexibility index (Phi) is 4.60. The SMILES string of the molecule is C[C@H](NC(=O)CN(N=N)C(=O)NC12CC(F)(C1)C2)c1ccc(Cl)c(F)c1. The van der Waals surface area contributed by atoms with Crippen LogP contribution in [-0.2, 0) is 4.79 Å². The standard InChI is InChI=1S/C16H18ClF2N5O2/c1-9(10-2-3-11(17)12(18)4-10)21-13(25)5-24(23-20)14(26)22-16-6-15(19,7-16)8-16/h2-4,9,20H,5-8H2,1H3,(H,21,25)(H,22,26)/t9-,15?,16?/m0/s1. The summed E-state index contributed by atoms with van der Waals surface area (Å²) >= 11 is 5.62. The quantitative estimate of drug-likeness (QED) is 0.517. The second-order valence-electron chi connectivity index (χ2n) is 7.01. The van der Waals surface area contributed by atoms with E-state index in [-0.39, 0.29) is 24.3 Å². The average molecular weight is 386 g/mol. The number of amides is 3. The molecule has 0 heterocycles. The first kappa shape index (κ1) is 18.5. The van der Waals surface area contributed by atoms with Crippen molar-refractivity contribution < 1.29 is 18.4 Å². The predicted molar refractivity (Wildman–Crippen MR) is 88.8 cm³/mol. The van der Waals surface area contributed by atoms with Crippen LogP contribution in [0.4, 0.5) is 13.6 Å². The first-order chi connectivity index (χ1) is 12.2. The number of urea groups is 1. The number of hydrogen-bond donors (Lipinski definition) is 3. The molecule has 26 heavy (non-hydrogen) atoms. The van der Waals surface area contributed by atoms with Gasteiger partial charge in [0, 0.05) is 19.3 Å². The first-order valence-corrected chi connectivity index (χ1v) is 8.43. The van der Waals surface area contributed by atoms with Crippen LogP contribution in [0.3, 0.4) is 0 Å². The molecule has 140 valence electrons. The molecule has 3 fully saturated rings. The molecule has 0 spiro atoms. The Morgan fingerprint density at radius 3 is 2.62 bits per heavy atom. The van der Waals surface area contributed by atoms with Gasteiger partial charge in [0.15, 0.2) is 0 Å². The second-order valence-corrected chi connectivity index (χ2v) is 7.42. The van der Waals surface area contributed by atoms with Crippen LogP contribution in [0.1, 0.15) is 37.8 Å². The number of carbonyl (C=O) groups is 2. The summed E-state index contributed by atoms with van der Waals surface area (Å²) in [5.74, 6) is -1.17. The molecule has 0 aromatic heterocycles. The predicted octanol–water partition coefficient (Wildman–Crippen LogP) is 3.26. The van der Waals surface area contributed by atoms with Crippen LogP contribution in [0.2, 0.25) is 5.02 Å². The van der Waals surface area contributed by atoms with E-state index in [1.807, 2.05) is 0 Å². The lowest BCUT2D eigenvalue weighted by Gasteiger charge is -2.65. The van der Waals surface area contributed by atoms with Crippen molar-refractivity contribution in [3.05, 3.63) is 34.6 Å². The molecule has 3 saturated carbocycles. The van der Waals surface area contributed by atoms with Crippen molar-refractivity contribution in [2.75, 3.05) is 6.54 Å². The van der Waals surface area contributed by atoms with E-state index in [1.54, 1.807) is 13.0 Å². The third kappa shape index (κ3) is 3.48. The molecule has 0 unspecified atom stereocenters. The zero-order valence-corrected chi connectivity index (χ0v) is 14.7. The lowest BCUT2D eigenvalue weighted by molar-refractivity contribution is -0.163. The Morgan fingerprint density at radius 1 is 1.42 bits per heavy atom. The minimum absolute atomic E-state index is 0.0215. The molecule has 3 N–H and O–H groups in total. The van der Waals surface area contributed by atoms with Crippen LogP contribution in [0, 0.1) is 11.3 Å². The van der Waals surface area contributed by atoms with Gasteiger partial charge in [-0.1, -0.05) is 22.9 Å². The Hall–Kier alpha value is -2.29. The lowest BCUT2D eigenvalue weighted by atomic mass is 9.47. The average Bonchev–Trinajstić information content (AvgIpc) is 2.52. The number of alkyl halides is 1. The topological polar surface area (TPSA) is 97.7 Å². The molecule has 0 radical (unpaired) electrons. The molecule has 10 heteroatoms. The summed E-state index contributed by atoms with van der Waals surface area (Å²) in [6.07, 6.45) is 0.759. The summed E-state index contributed by atoms with van der Waals surface area (Å²) in [6, 6.07) is 2.92. The van der Waals surface area contributed by atoms with E-state index >= 15 is 0 Å². The van der Waals surface area contributed by atoms with Crippen molar-refractivity contribution in [3.8, 4) is 0 Å². The normalized spacial score (nSPS) is 26.8. The van der Waals surface area contributed by atoms with Gasteiger partial charge >= 0.3 is 6.03 Å². The molecule has 4 rings (SSSR count). The number of nitrogens with one attached hydrogen (secondary N) is 3. The smallest absolute Gasteiger partial charge is 0.340 e. The summed E-state index contributed by atoms with van der Waals surface area (Å²) in [7, 11) is 0. The van der Waals surface area contributed by atoms with Crippen molar-refractivity contribution in [1.82, 2.24) is 15.6 Å². The molecule has 3 aliphatic carbocycles. The minimum Gasteiger partial charge on any atom is -0.348 e. The Morgan fingerprint density at radius 2 is 2.08 bits per heavy atom. The van der Waals surface area contributed by atoms with Gasteiger partial charge in [0.25, 0.3) is 0 Å². The van der Waals surface area contributed by atoms with Crippen LogP contribution >= 0.6 is 11.6 Å². The second kappa shape index (κ2) is 6.46. The maximum atomic E-state index is 13.5. The third-order valence-electron chi connectivity index (χ3n) is 4.81. The summed E-state index contributed by atoms with van der Waals surface area (Å²) < 4.78 is 27.0. The highest BCUT2D eigenvalue weighted by Gasteiger charge is 2.70. The highest BCUT2D eigenvalue weighted by Crippen LogP contribution is 2.62. The highest BCUT2D eigenvalue weighted by molar-refractivity contribution is 6.30. The summed E-state index contributed by atoms with van der Waals surface area (Å²) in [4.78, 5) is 24.2. The molecule has 2 bridgehead atoms. The molecule has 3 aliphatic rings. The van der Waals surface area contributed by atoms with E-state index in [9.17, 15) is 18.4 Å². The Balaban J connectivity index is 1.52. The van der Waals surface area contributed by atoms with Gasteiger partial charge in [0.1, 0.15) is 18.0 Å². The van der Waals surface area contributed by atoms with E-state index in [4.69, 9.17) is 17.1 Å². The maximum absolute atomic E-state index is 13.5. The van der Waals surface area contributed by atoms with Crippen LogP contribution in [-0.4, -0.2) is 34.7 Å². The first-order valence-electron chi connectivity index (χ1n) is 8.06. The molecular weight excluding hydrogens is 368 g/mol. The summed E-state index contributed by atoms with van der Waals surface area (Å²) in [5, 5.41) is 8.91. The van der Waals surface area contributed by atoms with Gasteiger partial charge in [-0.15, -0.1) is 0 Å². The minimum atomic E-state index is -1.17. The molecule has 1 atom stereocenters. The fraction of sp³-hybridized carbons (Fsp3) is 0.500. The van der Waals surface area contributed by atoms with E-state index in [0.29, 0.717) is 10.6 Å². The molecule has 1 aromatic carbocycles. The van der Waals surface area contributed by atoms with Crippen molar-refractivity contribution in [2.24, 2.45) is 5.22 Å². The highest BCUT2D eigenvalue weighted by atomic mass is 35.5. The van der Waals surface area contributed by atoms with Gasteiger partial charge in [0.05, 0.1) is 16.6 Å². The van der Waals surface area contributed by atoms with Crippen molar-refractivity contribution in [3.63, 3.8) is 0 Å². The zero-order valence-electron chi connectivity index (χ0n) is 14.0. The Bertz CT molecular complexity index is 755. The van der Waals surface area contributed by atoms with E-state index in [2.05, 4.69) is 15.9 Å². The number of carbonyl (C=O) groups excluding carboxylic acids is 2. The van der Waals surface area contributed by atoms with Crippen molar-refractivity contribution in [2.45, 2.75) is 43.4 Å². The van der Waals surface area contributed by atoms with Crippen LogP contribution < -0.4 is 10.6 Å². The molecular formula is C16H18ClF2N5O2. The summed E-state index contributed by atoms with van der Waals surface area (Å²) in [5.41, 5.74) is 5.85. The molecule has 1 aromatic rings. The van der Waals surface area contributed by atoms with Gasteiger partial charge in [-0.05, 0) is 24.6 Å². The summed E-state index contributed by atoms with van der Waals surface area (Å²) in [6.45, 7) is 1.16. The Labute approximate surface area is 153 Å².